The molecule has 1 aliphatic carbocycles. The number of nitrogens with zero attached hydrogens (tertiary/aromatic N) is 1. The molecule has 1 aliphatic heterocycles. The van der Waals surface area contributed by atoms with Gasteiger partial charge in [0.05, 0.1) is 6.54 Å². The Bertz CT molecular complexity index is 397. The first-order chi connectivity index (χ1) is 9.58. The highest BCUT2D eigenvalue weighted by Gasteiger charge is 2.35. The number of rotatable bonds is 3. The summed E-state index contributed by atoms with van der Waals surface area (Å²) in [6.45, 7) is 0.956. The molecule has 3 N–H and O–H groups in total. The van der Waals surface area contributed by atoms with Crippen LogP contribution in [0.2, 0.25) is 0 Å². The lowest BCUT2D eigenvalue weighted by Crippen LogP contribution is -2.51. The van der Waals surface area contributed by atoms with Gasteiger partial charge in [-0.3, -0.25) is 19.8 Å². The number of ketones is 1. The molecule has 0 aromatic rings. The number of piperidine rings is 1. The molecule has 1 saturated heterocycles. The smallest absolute Gasteiger partial charge is 0.318 e. The van der Waals surface area contributed by atoms with Crippen molar-refractivity contribution in [1.82, 2.24) is 10.2 Å². The molecule has 0 spiro atoms. The average Bonchev–Trinajstić information content (AvgIpc) is 2.39. The molecule has 6 heteroatoms. The molecule has 20 heavy (non-hydrogen) atoms. The Labute approximate surface area is 119 Å². The molecule has 0 radical (unpaired) electrons. The van der Waals surface area contributed by atoms with Crippen LogP contribution in [0, 0.1) is 5.92 Å². The minimum atomic E-state index is -0.822. The van der Waals surface area contributed by atoms with Crippen LogP contribution in [-0.4, -0.2) is 41.8 Å². The first kappa shape index (κ1) is 15.0. The van der Waals surface area contributed by atoms with Crippen LogP contribution in [0.1, 0.15) is 44.9 Å². The van der Waals surface area contributed by atoms with Gasteiger partial charge in [-0.05, 0) is 32.2 Å². The Hall–Kier alpha value is -1.43. The molecule has 2 aliphatic rings. The number of amides is 3. The maximum Gasteiger partial charge on any atom is 0.318 e. The number of Topliss-reactive ketones (excluding diaryl/α,β-unsaturated/α-hetero) is 1. The summed E-state index contributed by atoms with van der Waals surface area (Å²) in [6, 6.07) is -0.674. The van der Waals surface area contributed by atoms with Crippen LogP contribution in [0.3, 0.4) is 0 Å². The van der Waals surface area contributed by atoms with Crippen LogP contribution in [-0.2, 0) is 9.59 Å². The number of primary amides is 1. The third kappa shape index (κ3) is 3.79. The van der Waals surface area contributed by atoms with Gasteiger partial charge in [-0.25, -0.2) is 4.79 Å². The predicted octanol–water partition coefficient (Wildman–Crippen LogP) is 0.795. The maximum atomic E-state index is 12.1. The normalized spacial score (nSPS) is 28.1. The molecule has 1 heterocycles. The van der Waals surface area contributed by atoms with E-state index in [4.69, 9.17) is 5.73 Å². The van der Waals surface area contributed by atoms with E-state index in [9.17, 15) is 14.4 Å². The first-order valence-corrected chi connectivity index (χ1v) is 7.44. The van der Waals surface area contributed by atoms with Gasteiger partial charge in [0.25, 0.3) is 0 Å². The van der Waals surface area contributed by atoms with E-state index in [1.807, 2.05) is 0 Å². The minimum absolute atomic E-state index is 0.0606. The quantitative estimate of drug-likeness (QED) is 0.800. The monoisotopic (exact) mass is 281 g/mol. The summed E-state index contributed by atoms with van der Waals surface area (Å²) in [5.74, 6) is 0.0153. The van der Waals surface area contributed by atoms with Gasteiger partial charge >= 0.3 is 6.03 Å². The molecule has 3 amide bonds. The molecule has 0 aromatic carbocycles. The zero-order chi connectivity index (χ0) is 14.5. The molecular formula is C14H23N3O3. The highest BCUT2D eigenvalue weighted by molar-refractivity contribution is 5.94. The molecule has 2 fully saturated rings. The molecule has 0 aromatic heterocycles. The van der Waals surface area contributed by atoms with Gasteiger partial charge in [-0.1, -0.05) is 12.8 Å². The van der Waals surface area contributed by atoms with Gasteiger partial charge in [-0.15, -0.1) is 0 Å². The molecular weight excluding hydrogens is 258 g/mol. The first-order valence-electron chi connectivity index (χ1n) is 7.44. The maximum absolute atomic E-state index is 12.1. The van der Waals surface area contributed by atoms with E-state index in [0.29, 0.717) is 12.2 Å². The number of nitrogens with one attached hydrogen (secondary N) is 1. The molecule has 6 nitrogen and oxygen atoms in total. The predicted molar refractivity (Wildman–Crippen MR) is 73.9 cm³/mol. The summed E-state index contributed by atoms with van der Waals surface area (Å²) in [7, 11) is 0. The third-order valence-electron chi connectivity index (χ3n) is 4.34. The minimum Gasteiger partial charge on any atom is -0.351 e. The summed E-state index contributed by atoms with van der Waals surface area (Å²) < 4.78 is 0. The number of carbonyl (C=O) groups is 3. The van der Waals surface area contributed by atoms with Crippen LogP contribution in [0.15, 0.2) is 0 Å². The van der Waals surface area contributed by atoms with E-state index < -0.39 is 6.03 Å². The van der Waals surface area contributed by atoms with Crippen molar-refractivity contribution in [3.8, 4) is 0 Å². The lowest BCUT2D eigenvalue weighted by Gasteiger charge is -2.40. The summed E-state index contributed by atoms with van der Waals surface area (Å²) in [5.41, 5.74) is 4.95. The van der Waals surface area contributed by atoms with Gasteiger partial charge in [-0.2, -0.15) is 0 Å². The van der Waals surface area contributed by atoms with Crippen LogP contribution >= 0.6 is 0 Å². The number of carbonyl (C=O) groups excluding carboxylic acids is 3. The van der Waals surface area contributed by atoms with Crippen molar-refractivity contribution in [3.05, 3.63) is 0 Å². The fourth-order valence-electron chi connectivity index (χ4n) is 3.45. The number of likely N-dealkylation sites (tertiary alicyclic amines) is 1. The van der Waals surface area contributed by atoms with Gasteiger partial charge in [0.2, 0.25) is 5.91 Å². The van der Waals surface area contributed by atoms with Gasteiger partial charge in [0.15, 0.2) is 0 Å². The highest BCUT2D eigenvalue weighted by Crippen LogP contribution is 2.31. The SMILES string of the molecule is NC(=O)NC(=O)CN1CCCCC1C1CCCCC1=O. The molecule has 2 unspecified atom stereocenters. The van der Waals surface area contributed by atoms with Crippen molar-refractivity contribution >= 4 is 17.7 Å². The zero-order valence-electron chi connectivity index (χ0n) is 11.8. The molecule has 1 saturated carbocycles. The number of nitrogens with two attached hydrogens (primary N) is 1. The number of imide groups is 1. The Morgan fingerprint density at radius 1 is 1.20 bits per heavy atom. The van der Waals surface area contributed by atoms with Crippen molar-refractivity contribution in [2.45, 2.75) is 51.0 Å². The van der Waals surface area contributed by atoms with E-state index in [0.717, 1.165) is 45.1 Å². The summed E-state index contributed by atoms with van der Waals surface area (Å²) in [4.78, 5) is 36.5. The van der Waals surface area contributed by atoms with Crippen molar-refractivity contribution in [2.24, 2.45) is 11.7 Å². The number of urea groups is 1. The fourth-order valence-corrected chi connectivity index (χ4v) is 3.45. The molecule has 2 atom stereocenters. The largest absolute Gasteiger partial charge is 0.351 e. The molecule has 112 valence electrons. The van der Waals surface area contributed by atoms with Crippen molar-refractivity contribution in [3.63, 3.8) is 0 Å². The molecule has 0 bridgehead atoms. The van der Waals surface area contributed by atoms with Crippen molar-refractivity contribution < 1.29 is 14.4 Å². The Morgan fingerprint density at radius 3 is 2.65 bits per heavy atom. The standard InChI is InChI=1S/C14H23N3O3/c15-14(20)16-13(19)9-17-8-4-3-6-11(17)10-5-1-2-7-12(10)18/h10-11H,1-9H2,(H3,15,16,19,20). The number of hydrogen-bond acceptors (Lipinski definition) is 4. The zero-order valence-corrected chi connectivity index (χ0v) is 11.8. The summed E-state index contributed by atoms with van der Waals surface area (Å²) in [5, 5.41) is 2.10. The van der Waals surface area contributed by atoms with E-state index in [1.165, 1.54) is 0 Å². The van der Waals surface area contributed by atoms with Crippen molar-refractivity contribution in [2.75, 3.05) is 13.1 Å². The van der Waals surface area contributed by atoms with Gasteiger partial charge in [0.1, 0.15) is 5.78 Å². The van der Waals surface area contributed by atoms with E-state index in [-0.39, 0.29) is 24.4 Å². The van der Waals surface area contributed by atoms with Gasteiger partial charge < -0.3 is 5.73 Å². The highest BCUT2D eigenvalue weighted by atomic mass is 16.2. The lowest BCUT2D eigenvalue weighted by molar-refractivity contribution is -0.130. The Kier molecular flexibility index (Phi) is 5.11. The van der Waals surface area contributed by atoms with Crippen molar-refractivity contribution in [1.29, 1.82) is 0 Å². The van der Waals surface area contributed by atoms with E-state index in [1.54, 1.807) is 0 Å². The summed E-state index contributed by atoms with van der Waals surface area (Å²) >= 11 is 0. The Balaban J connectivity index is 1.99. The second-order valence-electron chi connectivity index (χ2n) is 5.76. The summed E-state index contributed by atoms with van der Waals surface area (Å²) in [6.07, 6.45) is 6.77. The average molecular weight is 281 g/mol. The van der Waals surface area contributed by atoms with Crippen LogP contribution in [0.25, 0.3) is 0 Å². The lowest BCUT2D eigenvalue weighted by atomic mass is 9.79. The van der Waals surface area contributed by atoms with Crippen LogP contribution < -0.4 is 11.1 Å². The topological polar surface area (TPSA) is 92.5 Å². The van der Waals surface area contributed by atoms with E-state index >= 15 is 0 Å². The van der Waals surface area contributed by atoms with Gasteiger partial charge in [0, 0.05) is 18.4 Å². The second kappa shape index (κ2) is 6.83. The Morgan fingerprint density at radius 2 is 1.95 bits per heavy atom. The third-order valence-corrected chi connectivity index (χ3v) is 4.34. The number of hydrogen-bond donors (Lipinski definition) is 2. The van der Waals surface area contributed by atoms with E-state index in [2.05, 4.69) is 10.2 Å². The van der Waals surface area contributed by atoms with Crippen LogP contribution in [0.5, 0.6) is 0 Å². The second-order valence-corrected chi connectivity index (χ2v) is 5.76. The molecule has 2 rings (SSSR count). The van der Waals surface area contributed by atoms with Crippen LogP contribution in [0.4, 0.5) is 4.79 Å². The fraction of sp³-hybridized carbons (Fsp3) is 0.786.